The third kappa shape index (κ3) is 4.64. The smallest absolute Gasteiger partial charge is 0.227 e. The molecule has 26 heavy (non-hydrogen) atoms. The molecule has 2 amide bonds. The number of hydrogen-bond acceptors (Lipinski definition) is 3. The predicted molar refractivity (Wildman–Crippen MR) is 104 cm³/mol. The van der Waals surface area contributed by atoms with Crippen molar-refractivity contribution in [1.82, 2.24) is 10.2 Å². The minimum atomic E-state index is -0.260. The second kappa shape index (κ2) is 8.21. The Hall–Kier alpha value is -1.88. The fourth-order valence-corrected chi connectivity index (χ4v) is 4.48. The molecule has 4 atom stereocenters. The molecule has 2 heterocycles. The number of rotatable bonds is 5. The fraction of sp³-hybridized carbons (Fsp3) is 0.619. The number of amides is 2. The first-order valence-corrected chi connectivity index (χ1v) is 9.80. The lowest BCUT2D eigenvalue weighted by atomic mass is 9.91. The minimum Gasteiger partial charge on any atom is -0.352 e. The van der Waals surface area contributed by atoms with E-state index in [1.807, 2.05) is 30.3 Å². The zero-order valence-electron chi connectivity index (χ0n) is 16.1. The lowest BCUT2D eigenvalue weighted by molar-refractivity contribution is -0.127. The van der Waals surface area contributed by atoms with Crippen LogP contribution in [-0.4, -0.2) is 48.9 Å². The van der Waals surface area contributed by atoms with Crippen molar-refractivity contribution in [2.75, 3.05) is 31.1 Å². The van der Waals surface area contributed by atoms with Gasteiger partial charge in [0.2, 0.25) is 11.8 Å². The molecule has 0 saturated carbocycles. The molecule has 0 bridgehead atoms. The molecule has 2 saturated heterocycles. The highest BCUT2D eigenvalue weighted by Gasteiger charge is 2.35. The molecular weight excluding hydrogens is 326 g/mol. The highest BCUT2D eigenvalue weighted by atomic mass is 16.2. The summed E-state index contributed by atoms with van der Waals surface area (Å²) < 4.78 is 0. The summed E-state index contributed by atoms with van der Waals surface area (Å²) in [4.78, 5) is 29.1. The molecule has 2 aliphatic rings. The maximum atomic E-state index is 12.6. The monoisotopic (exact) mass is 357 g/mol. The molecule has 0 unspecified atom stereocenters. The average Bonchev–Trinajstić information content (AvgIpc) is 2.96. The Morgan fingerprint density at radius 3 is 2.46 bits per heavy atom. The topological polar surface area (TPSA) is 52.7 Å². The van der Waals surface area contributed by atoms with Gasteiger partial charge >= 0.3 is 0 Å². The van der Waals surface area contributed by atoms with E-state index in [1.165, 1.54) is 6.42 Å². The Kier molecular flexibility index (Phi) is 5.97. The number of carbonyl (C=O) groups excluding carboxylic acids is 2. The van der Waals surface area contributed by atoms with Crippen LogP contribution in [0.3, 0.4) is 0 Å². The Labute approximate surface area is 156 Å². The van der Waals surface area contributed by atoms with Gasteiger partial charge < -0.3 is 15.1 Å². The first-order chi connectivity index (χ1) is 12.4. The number of para-hydroxylation sites is 1. The van der Waals surface area contributed by atoms with E-state index in [0.717, 1.165) is 25.3 Å². The van der Waals surface area contributed by atoms with Crippen molar-refractivity contribution in [3.8, 4) is 0 Å². The molecule has 2 fully saturated rings. The summed E-state index contributed by atoms with van der Waals surface area (Å²) in [5.41, 5.74) is 0.872. The number of carbonyl (C=O) groups is 2. The summed E-state index contributed by atoms with van der Waals surface area (Å²) in [6.45, 7) is 10.2. The van der Waals surface area contributed by atoms with Gasteiger partial charge in [0, 0.05) is 44.3 Å². The Morgan fingerprint density at radius 2 is 1.81 bits per heavy atom. The minimum absolute atomic E-state index is 0.00221. The molecule has 0 aromatic heterocycles. The number of likely N-dealkylation sites (tertiary alicyclic amines) is 1. The van der Waals surface area contributed by atoms with Crippen LogP contribution >= 0.6 is 0 Å². The summed E-state index contributed by atoms with van der Waals surface area (Å²) in [6.07, 6.45) is 1.59. The quantitative estimate of drug-likeness (QED) is 0.881. The third-order valence-electron chi connectivity index (χ3n) is 5.43. The second-order valence-electron chi connectivity index (χ2n) is 8.32. The van der Waals surface area contributed by atoms with E-state index in [1.54, 1.807) is 4.90 Å². The number of hydrogen-bond donors (Lipinski definition) is 1. The predicted octanol–water partition coefficient (Wildman–Crippen LogP) is 2.52. The van der Waals surface area contributed by atoms with Gasteiger partial charge in [0.25, 0.3) is 0 Å². The van der Waals surface area contributed by atoms with Crippen LogP contribution in [0.15, 0.2) is 30.3 Å². The largest absolute Gasteiger partial charge is 0.352 e. The van der Waals surface area contributed by atoms with E-state index in [-0.39, 0.29) is 23.8 Å². The van der Waals surface area contributed by atoms with Gasteiger partial charge in [0.05, 0.1) is 5.92 Å². The molecule has 1 aromatic carbocycles. The van der Waals surface area contributed by atoms with Crippen LogP contribution in [0.25, 0.3) is 0 Å². The van der Waals surface area contributed by atoms with Gasteiger partial charge in [-0.2, -0.15) is 0 Å². The molecule has 0 spiro atoms. The van der Waals surface area contributed by atoms with Gasteiger partial charge in [0.15, 0.2) is 0 Å². The zero-order chi connectivity index (χ0) is 18.7. The van der Waals surface area contributed by atoms with Gasteiger partial charge in [-0.1, -0.05) is 32.0 Å². The van der Waals surface area contributed by atoms with E-state index in [4.69, 9.17) is 0 Å². The van der Waals surface area contributed by atoms with Gasteiger partial charge in [-0.3, -0.25) is 9.59 Å². The first-order valence-electron chi connectivity index (χ1n) is 9.80. The van der Waals surface area contributed by atoms with Crippen LogP contribution < -0.4 is 10.2 Å². The van der Waals surface area contributed by atoms with Crippen LogP contribution in [0.1, 0.15) is 33.6 Å². The summed E-state index contributed by atoms with van der Waals surface area (Å²) >= 11 is 0. The van der Waals surface area contributed by atoms with Gasteiger partial charge in [-0.25, -0.2) is 0 Å². The van der Waals surface area contributed by atoms with Crippen molar-refractivity contribution >= 4 is 17.5 Å². The fourth-order valence-electron chi connectivity index (χ4n) is 4.48. The Morgan fingerprint density at radius 1 is 1.15 bits per heavy atom. The lowest BCUT2D eigenvalue weighted by Gasteiger charge is -2.36. The van der Waals surface area contributed by atoms with E-state index in [9.17, 15) is 9.59 Å². The van der Waals surface area contributed by atoms with Crippen molar-refractivity contribution in [2.24, 2.45) is 17.8 Å². The second-order valence-corrected chi connectivity index (χ2v) is 8.32. The molecule has 0 radical (unpaired) electrons. The zero-order valence-corrected chi connectivity index (χ0v) is 16.1. The van der Waals surface area contributed by atoms with E-state index in [2.05, 4.69) is 31.0 Å². The highest BCUT2D eigenvalue weighted by Crippen LogP contribution is 2.25. The maximum absolute atomic E-state index is 12.6. The normalized spacial score (nSPS) is 28.2. The van der Waals surface area contributed by atoms with Crippen molar-refractivity contribution in [3.05, 3.63) is 30.3 Å². The van der Waals surface area contributed by atoms with Crippen molar-refractivity contribution < 1.29 is 9.59 Å². The van der Waals surface area contributed by atoms with Crippen LogP contribution in [0, 0.1) is 17.8 Å². The number of nitrogens with zero attached hydrogens (tertiary/aromatic N) is 2. The van der Waals surface area contributed by atoms with E-state index < -0.39 is 0 Å². The Bertz CT molecular complexity index is 623. The number of anilines is 1. The number of benzene rings is 1. The van der Waals surface area contributed by atoms with E-state index in [0.29, 0.717) is 24.8 Å². The van der Waals surface area contributed by atoms with Gasteiger partial charge in [-0.15, -0.1) is 0 Å². The molecule has 5 nitrogen and oxygen atoms in total. The van der Waals surface area contributed by atoms with Crippen molar-refractivity contribution in [3.63, 3.8) is 0 Å². The molecule has 142 valence electrons. The molecule has 0 aliphatic carbocycles. The number of piperidine rings is 1. The van der Waals surface area contributed by atoms with E-state index >= 15 is 0 Å². The average molecular weight is 357 g/mol. The summed E-state index contributed by atoms with van der Waals surface area (Å²) in [7, 11) is 0. The van der Waals surface area contributed by atoms with Gasteiger partial charge in [-0.05, 0) is 37.3 Å². The molecule has 3 rings (SSSR count). The summed E-state index contributed by atoms with van der Waals surface area (Å²) in [5, 5.41) is 3.13. The van der Waals surface area contributed by atoms with Crippen LogP contribution in [0.4, 0.5) is 5.69 Å². The van der Waals surface area contributed by atoms with Crippen LogP contribution in [-0.2, 0) is 9.59 Å². The number of nitrogens with one attached hydrogen (secondary N) is 1. The highest BCUT2D eigenvalue weighted by molar-refractivity contribution is 6.00. The van der Waals surface area contributed by atoms with Crippen molar-refractivity contribution in [1.29, 1.82) is 0 Å². The van der Waals surface area contributed by atoms with Gasteiger partial charge in [0.1, 0.15) is 0 Å². The van der Waals surface area contributed by atoms with Crippen LogP contribution in [0.5, 0.6) is 0 Å². The summed E-state index contributed by atoms with van der Waals surface area (Å²) in [5.74, 6) is 1.21. The third-order valence-corrected chi connectivity index (χ3v) is 5.43. The maximum Gasteiger partial charge on any atom is 0.227 e. The lowest BCUT2D eigenvalue weighted by Crippen LogP contribution is -2.48. The SMILES string of the molecule is C[C@@H]1C[C@H](C)CN(C[C@@H](C)NC(=O)[C@@H]2CC(=O)N(c3ccccc3)C2)C1. The first kappa shape index (κ1) is 18.9. The molecule has 5 heteroatoms. The molecule has 2 aliphatic heterocycles. The molecular formula is C21H31N3O2. The Balaban J connectivity index is 1.51. The molecule has 1 aromatic rings. The standard InChI is InChI=1S/C21H31N3O2/c1-15-9-16(2)12-23(11-15)13-17(3)22-21(26)18-10-20(25)24(14-18)19-7-5-4-6-8-19/h4-8,15-18H,9-14H2,1-3H3,(H,22,26)/t15-,16+,17-,18-/m1/s1. The summed E-state index contributed by atoms with van der Waals surface area (Å²) in [6, 6.07) is 9.69. The van der Waals surface area contributed by atoms with Crippen LogP contribution in [0.2, 0.25) is 0 Å². The van der Waals surface area contributed by atoms with Crippen molar-refractivity contribution in [2.45, 2.75) is 39.7 Å². The molecule has 1 N–H and O–H groups in total.